The number of carbonyl (C=O) groups is 3. The molecular formula is C75H136O6. The first-order valence-electron chi connectivity index (χ1n) is 35.8. The quantitative estimate of drug-likeness (QED) is 0.0261. The second-order valence-corrected chi connectivity index (χ2v) is 24.1. The first kappa shape index (κ1) is 78.1. The summed E-state index contributed by atoms with van der Waals surface area (Å²) in [5.74, 6) is -0.965. The summed E-state index contributed by atoms with van der Waals surface area (Å²) in [5.41, 5.74) is 0. The summed E-state index contributed by atoms with van der Waals surface area (Å²) >= 11 is 0. The van der Waals surface area contributed by atoms with Gasteiger partial charge in [0.25, 0.3) is 0 Å². The Morgan fingerprint density at radius 1 is 0.259 bits per heavy atom. The molecule has 0 heterocycles. The van der Waals surface area contributed by atoms with Gasteiger partial charge in [-0.1, -0.05) is 351 Å². The summed E-state index contributed by atoms with van der Waals surface area (Å²) < 4.78 is 16.9. The van der Waals surface area contributed by atoms with Crippen LogP contribution in [0, 0.1) is 0 Å². The molecule has 6 heteroatoms. The Hall–Kier alpha value is -2.89. The van der Waals surface area contributed by atoms with E-state index in [1.807, 2.05) is 6.08 Å². The smallest absolute Gasteiger partial charge is 0.306 e. The van der Waals surface area contributed by atoms with E-state index in [1.54, 1.807) is 0 Å². The van der Waals surface area contributed by atoms with Gasteiger partial charge in [0.1, 0.15) is 13.2 Å². The van der Waals surface area contributed by atoms with Crippen LogP contribution in [0.5, 0.6) is 0 Å². The molecule has 1 atom stereocenters. The van der Waals surface area contributed by atoms with Crippen molar-refractivity contribution in [2.45, 2.75) is 386 Å². The van der Waals surface area contributed by atoms with Crippen LogP contribution in [0.1, 0.15) is 380 Å². The zero-order valence-corrected chi connectivity index (χ0v) is 54.3. The lowest BCUT2D eigenvalue weighted by atomic mass is 10.0. The van der Waals surface area contributed by atoms with Gasteiger partial charge in [0.05, 0.1) is 0 Å². The number of hydrogen-bond acceptors (Lipinski definition) is 6. The van der Waals surface area contributed by atoms with E-state index in [9.17, 15) is 14.4 Å². The highest BCUT2D eigenvalue weighted by Gasteiger charge is 2.19. The molecule has 0 aromatic rings. The third-order valence-corrected chi connectivity index (χ3v) is 16.0. The van der Waals surface area contributed by atoms with E-state index >= 15 is 0 Å². The Balaban J connectivity index is 4.13. The van der Waals surface area contributed by atoms with Crippen molar-refractivity contribution < 1.29 is 28.6 Å². The van der Waals surface area contributed by atoms with Crippen LogP contribution in [0.2, 0.25) is 0 Å². The number of hydrogen-bond donors (Lipinski definition) is 0. The molecule has 0 bridgehead atoms. The molecular weight excluding hydrogens is 997 g/mol. The predicted molar refractivity (Wildman–Crippen MR) is 353 cm³/mol. The van der Waals surface area contributed by atoms with E-state index in [0.717, 1.165) is 64.2 Å². The fourth-order valence-corrected chi connectivity index (χ4v) is 10.7. The maximum atomic E-state index is 12.9. The Kier molecular flexibility index (Phi) is 67.1. The monoisotopic (exact) mass is 1130 g/mol. The molecule has 472 valence electrons. The van der Waals surface area contributed by atoms with Gasteiger partial charge in [-0.25, -0.2) is 0 Å². The van der Waals surface area contributed by atoms with E-state index < -0.39 is 6.10 Å². The van der Waals surface area contributed by atoms with Gasteiger partial charge in [0.15, 0.2) is 6.10 Å². The van der Waals surface area contributed by atoms with Crippen LogP contribution >= 0.6 is 0 Å². The minimum atomic E-state index is -0.805. The molecule has 1 unspecified atom stereocenters. The largest absolute Gasteiger partial charge is 0.462 e. The van der Waals surface area contributed by atoms with Gasteiger partial charge in [-0.2, -0.15) is 0 Å². The van der Waals surface area contributed by atoms with Crippen LogP contribution in [-0.2, 0) is 28.6 Å². The average molecular weight is 1130 g/mol. The molecule has 81 heavy (non-hydrogen) atoms. The summed E-state index contributed by atoms with van der Waals surface area (Å²) in [6.07, 6.45) is 90.1. The van der Waals surface area contributed by atoms with Gasteiger partial charge in [-0.05, 0) is 70.6 Å². The summed E-state index contributed by atoms with van der Waals surface area (Å²) in [6.45, 7) is 6.51. The van der Waals surface area contributed by atoms with E-state index in [1.165, 1.54) is 270 Å². The number of allylic oxidation sites excluding steroid dienone is 10. The van der Waals surface area contributed by atoms with Crippen LogP contribution < -0.4 is 0 Å². The Morgan fingerprint density at radius 3 is 0.827 bits per heavy atom. The summed E-state index contributed by atoms with van der Waals surface area (Å²) in [4.78, 5) is 38.3. The molecule has 0 aromatic carbocycles. The van der Waals surface area contributed by atoms with Crippen molar-refractivity contribution in [3.63, 3.8) is 0 Å². The summed E-state index contributed by atoms with van der Waals surface area (Å²) in [7, 11) is 0. The Labute approximate surface area is 504 Å². The molecule has 6 nitrogen and oxygen atoms in total. The second-order valence-electron chi connectivity index (χ2n) is 24.1. The maximum Gasteiger partial charge on any atom is 0.306 e. The predicted octanol–water partition coefficient (Wildman–Crippen LogP) is 24.7. The topological polar surface area (TPSA) is 78.9 Å². The number of unbranched alkanes of at least 4 members (excludes halogenated alkanes) is 45. The van der Waals surface area contributed by atoms with Crippen LogP contribution in [0.15, 0.2) is 60.8 Å². The van der Waals surface area contributed by atoms with E-state index in [-0.39, 0.29) is 37.5 Å². The van der Waals surface area contributed by atoms with Gasteiger partial charge in [-0.3, -0.25) is 14.4 Å². The first-order valence-corrected chi connectivity index (χ1v) is 35.8. The van der Waals surface area contributed by atoms with Crippen LogP contribution in [-0.4, -0.2) is 37.2 Å². The Bertz CT molecular complexity index is 1440. The van der Waals surface area contributed by atoms with E-state index in [2.05, 4.69) is 75.5 Å². The molecule has 0 aliphatic heterocycles. The highest BCUT2D eigenvalue weighted by Crippen LogP contribution is 2.19. The van der Waals surface area contributed by atoms with E-state index in [4.69, 9.17) is 14.2 Å². The SMILES string of the molecule is CC/C=C\C/C=C\C/C=C\C/C=C\CCC(=O)OCC(COC(=O)CCCCCCCCCCCCCCCCCCCCCCCCCCCCCCCCCCC)OC(=O)CCCCCCCCC/C=C\CCCCCCCC. The molecule has 0 fully saturated rings. The molecule has 0 amide bonds. The standard InChI is InChI=1S/C75H136O6/c1-4-7-10-13-16-19-22-25-27-29-30-31-32-33-34-35-36-37-38-39-40-41-42-43-44-46-47-50-53-56-59-62-65-68-74(77)80-71-72(70-79-73(76)67-64-61-58-55-52-49-24-21-18-15-12-9-6-3)81-75(78)69-66-63-60-57-54-51-48-45-28-26-23-20-17-14-11-8-5-2/h9,12,18,21,26,28,49,52,58,61,72H,4-8,10-11,13-17,19-20,22-25,27,29-48,50-51,53-57,59-60,62-71H2,1-3H3/b12-9-,21-18-,28-26-,52-49-,61-58-. The maximum absolute atomic E-state index is 12.9. The molecule has 0 aliphatic carbocycles. The third-order valence-electron chi connectivity index (χ3n) is 16.0. The van der Waals surface area contributed by atoms with Crippen molar-refractivity contribution in [3.8, 4) is 0 Å². The number of rotatable bonds is 66. The van der Waals surface area contributed by atoms with Crippen molar-refractivity contribution in [1.29, 1.82) is 0 Å². The molecule has 0 rings (SSSR count). The van der Waals surface area contributed by atoms with Crippen LogP contribution in [0.3, 0.4) is 0 Å². The Morgan fingerprint density at radius 2 is 0.506 bits per heavy atom. The number of esters is 3. The molecule has 0 saturated heterocycles. The van der Waals surface area contributed by atoms with Gasteiger partial charge < -0.3 is 14.2 Å². The fourth-order valence-electron chi connectivity index (χ4n) is 10.7. The van der Waals surface area contributed by atoms with Crippen molar-refractivity contribution in [2.75, 3.05) is 13.2 Å². The average Bonchev–Trinajstić information content (AvgIpc) is 3.46. The lowest BCUT2D eigenvalue weighted by Crippen LogP contribution is -2.30. The number of carbonyl (C=O) groups excluding carboxylic acids is 3. The second kappa shape index (κ2) is 69.6. The molecule has 0 aliphatic rings. The fraction of sp³-hybridized carbons (Fsp3) is 0.827. The molecule has 0 saturated carbocycles. The van der Waals surface area contributed by atoms with Crippen molar-refractivity contribution in [2.24, 2.45) is 0 Å². The molecule has 0 radical (unpaired) electrons. The highest BCUT2D eigenvalue weighted by molar-refractivity contribution is 5.71. The van der Waals surface area contributed by atoms with Gasteiger partial charge in [-0.15, -0.1) is 0 Å². The zero-order chi connectivity index (χ0) is 58.5. The van der Waals surface area contributed by atoms with Crippen molar-refractivity contribution in [1.82, 2.24) is 0 Å². The number of ether oxygens (including phenoxy) is 3. The van der Waals surface area contributed by atoms with E-state index in [0.29, 0.717) is 19.3 Å². The zero-order valence-electron chi connectivity index (χ0n) is 54.3. The van der Waals surface area contributed by atoms with Gasteiger partial charge >= 0.3 is 17.9 Å². The summed E-state index contributed by atoms with van der Waals surface area (Å²) in [5, 5.41) is 0. The van der Waals surface area contributed by atoms with Crippen molar-refractivity contribution in [3.05, 3.63) is 60.8 Å². The van der Waals surface area contributed by atoms with Gasteiger partial charge in [0.2, 0.25) is 0 Å². The minimum Gasteiger partial charge on any atom is -0.462 e. The first-order chi connectivity index (χ1) is 40.0. The van der Waals surface area contributed by atoms with Crippen LogP contribution in [0.4, 0.5) is 0 Å². The van der Waals surface area contributed by atoms with Crippen molar-refractivity contribution >= 4 is 17.9 Å². The third kappa shape index (κ3) is 67.8. The lowest BCUT2D eigenvalue weighted by molar-refractivity contribution is -0.166. The van der Waals surface area contributed by atoms with Gasteiger partial charge in [0, 0.05) is 19.3 Å². The molecule has 0 aromatic heterocycles. The van der Waals surface area contributed by atoms with Crippen LogP contribution in [0.25, 0.3) is 0 Å². The molecule has 0 N–H and O–H groups in total. The lowest BCUT2D eigenvalue weighted by Gasteiger charge is -2.18. The highest BCUT2D eigenvalue weighted by atomic mass is 16.6. The normalized spacial score (nSPS) is 12.4. The molecule has 0 spiro atoms. The summed E-state index contributed by atoms with van der Waals surface area (Å²) in [6, 6.07) is 0. The minimum absolute atomic E-state index is 0.0946.